The van der Waals surface area contributed by atoms with Crippen LogP contribution in [0.3, 0.4) is 0 Å². The normalized spacial score (nSPS) is 7.73. The molecule has 0 fully saturated rings. The molecule has 0 bridgehead atoms. The van der Waals surface area contributed by atoms with Crippen molar-refractivity contribution in [3.05, 3.63) is 70.8 Å². The van der Waals surface area contributed by atoms with Gasteiger partial charge in [-0.3, -0.25) is 9.59 Å². The fraction of sp³-hybridized carbons (Fsp3) is 0.300. The molecule has 0 saturated heterocycles. The minimum atomic E-state index is -0.181. The Labute approximate surface area is 555 Å². The molecule has 3 N–H and O–H groups in total. The average Bonchev–Trinajstić information content (AvgIpc) is 3.29. The first-order chi connectivity index (χ1) is 29.4. The number of carbonyl (C=O) groups excluding carboxylic acids is 2. The number of aliphatic hydroxyl groups excluding tert-OH is 3. The minimum absolute atomic E-state index is 0. The van der Waals surface area contributed by atoms with Crippen LogP contribution >= 0.6 is 24.4 Å². The van der Waals surface area contributed by atoms with Crippen molar-refractivity contribution in [3.8, 4) is 0 Å². The Morgan fingerprint density at radius 3 is 0.984 bits per heavy atom. The summed E-state index contributed by atoms with van der Waals surface area (Å²) in [4.78, 5) is 22.0. The number of benzene rings is 2. The second-order valence-corrected chi connectivity index (χ2v) is 56.1. The fourth-order valence-electron chi connectivity index (χ4n) is 2.16. The van der Waals surface area contributed by atoms with Gasteiger partial charge in [-0.05, 0) is 22.3 Å². The fourth-order valence-corrected chi connectivity index (χ4v) is 66.2. The first-order valence-electron chi connectivity index (χ1n) is 13.1. The minimum Gasteiger partial charge on any atom is -1.00 e. The van der Waals surface area contributed by atoms with Crippen LogP contribution in [0.5, 0.6) is 0 Å². The molecule has 0 amide bonds. The van der Waals surface area contributed by atoms with Crippen LogP contribution in [0.15, 0.2) is 48.5 Å². The third kappa shape index (κ3) is 68.2. The van der Waals surface area contributed by atoms with E-state index in [1.807, 2.05) is 48.5 Å². The van der Waals surface area contributed by atoms with Gasteiger partial charge in [-0.2, -0.15) is 12.6 Å². The van der Waals surface area contributed by atoms with Gasteiger partial charge >= 0.3 is 103 Å². The number of carbonyl (C=O) groups is 2. The van der Waals surface area contributed by atoms with Gasteiger partial charge in [0, 0.05) is 310 Å². The van der Waals surface area contributed by atoms with Gasteiger partial charge in [-0.15, -0.1) is 0 Å². The number of thiol groups is 1. The predicted molar refractivity (Wildman–Crippen MR) is 344 cm³/mol. The van der Waals surface area contributed by atoms with Crippen LogP contribution in [0.1, 0.15) is 30.6 Å². The summed E-state index contributed by atoms with van der Waals surface area (Å²) < 4.78 is 0. The Balaban J connectivity index is -0.000000126. The number of thioether (sulfide) groups is 1. The quantitative estimate of drug-likeness (QED) is 0.0736. The standard InChI is InChI=1S/C10H12O2S.C8H10OS.CH2O3.CH4O.2K.S16.S15.H/c1-8(12)13-7-10-5-3-2-4-9(10)6-11;9-5-7-3-1-2-4-8(7)6-10;2-1-4-3;1-2;;;1-3-5-7-9-11-13-15-16-14-12-10-8-6-4-2;1-3-5-7-9-11-13-15-14-12-10-8-6-4-2;/h2-5,11H,6-7H2,1H3;1-4,9-10H,5-6H2;1,3H;2H,1H3;;;;;/q;;;;2*+1;;;-1/p-1. The zero-order valence-electron chi connectivity index (χ0n) is 32.0. The van der Waals surface area contributed by atoms with E-state index in [1.165, 1.54) is 47.3 Å². The summed E-state index contributed by atoms with van der Waals surface area (Å²) in [5.41, 5.74) is 4.01. The van der Waals surface area contributed by atoms with Gasteiger partial charge in [-0.1, -0.05) is 60.3 Å². The Bertz CT molecular complexity index is 2670. The monoisotopic (exact) mass is 1510 g/mol. The number of rotatable bonds is 6. The molecule has 0 unspecified atom stereocenters. The first kappa shape index (κ1) is 81.6. The van der Waals surface area contributed by atoms with Crippen LogP contribution in [0.25, 0.3) is 0 Å². The molecular weight excluding hydrogens is 1490 g/mol. The summed E-state index contributed by atoms with van der Waals surface area (Å²) >= 11 is 24.3. The smallest absolute Gasteiger partial charge is 1.00 e. The van der Waals surface area contributed by atoms with E-state index >= 15 is 0 Å². The third-order valence-corrected chi connectivity index (χ3v) is 60.7. The van der Waals surface area contributed by atoms with E-state index < -0.39 is 0 Å². The zero-order valence-corrected chi connectivity index (χ0v) is 64.3. The molecule has 42 heteroatoms. The third-order valence-electron chi connectivity index (χ3n) is 3.91. The van der Waals surface area contributed by atoms with Crippen LogP contribution in [0.2, 0.25) is 0 Å². The maximum atomic E-state index is 10.7. The van der Waals surface area contributed by atoms with Gasteiger partial charge in [-0.25, -0.2) is 0 Å². The number of aliphatic hydroxyl groups is 3. The molecule has 0 atom stereocenters. The van der Waals surface area contributed by atoms with E-state index in [0.717, 1.165) is 29.4 Å². The SMILES string of the molecule is CC(=O)SCc1ccccc1CO.CO.O=CO[O-].OCc1ccccc1CS.S=S=S=S=S=S=S=S=S=S=S=S=S=S=S.S=S=S=S=S=S=S=S=S=S=S=S=S=S=S=S.[H-].[K+].[K+]. The van der Waals surface area contributed by atoms with Crippen molar-refractivity contribution in [1.29, 1.82) is 0 Å². The molecule has 2 aromatic rings. The first-order valence-corrected chi connectivity index (χ1v) is 53.4. The van der Waals surface area contributed by atoms with Crippen molar-refractivity contribution in [2.45, 2.75) is 31.6 Å². The van der Waals surface area contributed by atoms with Gasteiger partial charge in [0.05, 0.1) is 13.2 Å². The largest absolute Gasteiger partial charge is 1.00 e. The van der Waals surface area contributed by atoms with Crippen molar-refractivity contribution in [2.24, 2.45) is 0 Å². The molecule has 0 aliphatic heterocycles. The molecule has 2 aromatic carbocycles. The van der Waals surface area contributed by atoms with E-state index in [2.05, 4.69) is 17.5 Å². The zero-order chi connectivity index (χ0) is 45.6. The predicted octanol–water partition coefficient (Wildman–Crippen LogP) is -4.34. The van der Waals surface area contributed by atoms with E-state index in [9.17, 15) is 4.79 Å². The van der Waals surface area contributed by atoms with E-state index in [4.69, 9.17) is 70.1 Å². The van der Waals surface area contributed by atoms with Gasteiger partial charge in [0.15, 0.2) is 5.12 Å². The van der Waals surface area contributed by atoms with Gasteiger partial charge in [0.2, 0.25) is 0 Å². The Morgan fingerprint density at radius 1 is 0.565 bits per heavy atom. The molecule has 350 valence electrons. The molecule has 0 aliphatic carbocycles. The molecule has 0 radical (unpaired) electrons. The summed E-state index contributed by atoms with van der Waals surface area (Å²) in [6, 6.07) is 15.3. The molecule has 0 aromatic heterocycles. The second kappa shape index (κ2) is 75.7. The summed E-state index contributed by atoms with van der Waals surface area (Å²) in [5.74, 6) is 1.34. The van der Waals surface area contributed by atoms with Gasteiger partial charge in [0.1, 0.15) is 0 Å². The molecular formula is C20H28K2O7S33. The topological polar surface area (TPSA) is 127 Å². The van der Waals surface area contributed by atoms with Crippen molar-refractivity contribution in [3.63, 3.8) is 0 Å². The van der Waals surface area contributed by atoms with E-state index in [0.29, 0.717) is 11.5 Å². The Kier molecular flexibility index (Phi) is 99.6. The van der Waals surface area contributed by atoms with Gasteiger partial charge < -0.3 is 26.9 Å². The Morgan fingerprint density at radius 2 is 0.790 bits per heavy atom. The van der Waals surface area contributed by atoms with Crippen LogP contribution in [-0.4, -0.2) is 34.0 Å². The molecule has 7 nitrogen and oxygen atoms in total. The van der Waals surface area contributed by atoms with Crippen molar-refractivity contribution >= 4 is 321 Å². The van der Waals surface area contributed by atoms with Crippen LogP contribution < -0.4 is 108 Å². The summed E-state index contributed by atoms with van der Waals surface area (Å²) in [5, 5.41) is 33.3. The summed E-state index contributed by atoms with van der Waals surface area (Å²) in [6.45, 7) is 1.51. The Hall–Kier alpha value is 8.21. The molecule has 2 rings (SSSR count). The van der Waals surface area contributed by atoms with Gasteiger partial charge in [0.25, 0.3) is 6.47 Å². The van der Waals surface area contributed by atoms with Crippen LogP contribution in [-0.2, 0) is 324 Å². The van der Waals surface area contributed by atoms with Crippen molar-refractivity contribution in [2.75, 3.05) is 7.11 Å². The van der Waals surface area contributed by atoms with Crippen molar-refractivity contribution < 1.29 is 139 Å². The number of hydrogen-bond acceptors (Lipinski definition) is 13. The average molecular weight is 1520 g/mol. The van der Waals surface area contributed by atoms with Crippen LogP contribution in [0.4, 0.5) is 0 Å². The summed E-state index contributed by atoms with van der Waals surface area (Å²) in [7, 11) is 46.3. The molecule has 0 saturated carbocycles. The molecule has 62 heavy (non-hydrogen) atoms. The second-order valence-electron chi connectivity index (χ2n) is 6.82. The molecule has 0 aliphatic rings. The number of hydrogen-bond donors (Lipinski definition) is 4. The molecule has 0 spiro atoms. The van der Waals surface area contributed by atoms with Crippen LogP contribution in [0, 0.1) is 0 Å². The van der Waals surface area contributed by atoms with Crippen molar-refractivity contribution in [1.82, 2.24) is 0 Å². The summed E-state index contributed by atoms with van der Waals surface area (Å²) in [6.07, 6.45) is 0. The maximum absolute atomic E-state index is 10.7. The van der Waals surface area contributed by atoms with E-state index in [-0.39, 0.29) is 129 Å². The van der Waals surface area contributed by atoms with E-state index in [1.54, 1.807) is 211 Å². The maximum Gasteiger partial charge on any atom is 1.00 e. The molecule has 0 heterocycles.